The van der Waals surface area contributed by atoms with Crippen molar-refractivity contribution in [2.45, 2.75) is 18.9 Å². The number of piperidine rings is 1. The molecule has 10 nitrogen and oxygen atoms in total. The summed E-state index contributed by atoms with van der Waals surface area (Å²) in [6, 6.07) is 5.63. The first-order chi connectivity index (χ1) is 13.6. The van der Waals surface area contributed by atoms with E-state index in [1.807, 2.05) is 24.4 Å². The van der Waals surface area contributed by atoms with Crippen molar-refractivity contribution < 1.29 is 9.90 Å². The summed E-state index contributed by atoms with van der Waals surface area (Å²) in [5.41, 5.74) is 2.49. The third kappa shape index (κ3) is 2.53. The molecule has 1 aliphatic heterocycles. The highest BCUT2D eigenvalue weighted by molar-refractivity contribution is 5.79. The van der Waals surface area contributed by atoms with Gasteiger partial charge < -0.3 is 15.0 Å². The summed E-state index contributed by atoms with van der Waals surface area (Å²) < 4.78 is 3.38. The number of fused-ring (bicyclic) bond motifs is 2. The van der Waals surface area contributed by atoms with Crippen LogP contribution in [0.1, 0.15) is 18.9 Å². The maximum atomic E-state index is 12.6. The Balaban J connectivity index is 1.58. The van der Waals surface area contributed by atoms with Crippen molar-refractivity contribution in [1.29, 1.82) is 0 Å². The molecule has 5 heterocycles. The average molecular weight is 379 g/mol. The van der Waals surface area contributed by atoms with Gasteiger partial charge in [0.2, 0.25) is 0 Å². The van der Waals surface area contributed by atoms with E-state index in [0.29, 0.717) is 42.9 Å². The van der Waals surface area contributed by atoms with E-state index in [1.54, 1.807) is 21.5 Å². The minimum absolute atomic E-state index is 0.108. The van der Waals surface area contributed by atoms with E-state index in [9.17, 15) is 9.59 Å². The molecule has 142 valence electrons. The number of carboxylic acid groups (broad SMARTS) is 1. The van der Waals surface area contributed by atoms with E-state index in [0.717, 1.165) is 11.1 Å². The number of hydrogen-bond donors (Lipinski definition) is 2. The van der Waals surface area contributed by atoms with Crippen molar-refractivity contribution in [1.82, 2.24) is 34.0 Å². The third-order valence-electron chi connectivity index (χ3n) is 5.22. The van der Waals surface area contributed by atoms with Crippen molar-refractivity contribution in [3.8, 4) is 11.4 Å². The van der Waals surface area contributed by atoms with Crippen LogP contribution in [0.5, 0.6) is 0 Å². The number of pyridine rings is 1. The molecule has 0 bridgehead atoms. The predicted octanol–water partition coefficient (Wildman–Crippen LogP) is 1.75. The summed E-state index contributed by atoms with van der Waals surface area (Å²) >= 11 is 0. The zero-order chi connectivity index (χ0) is 19.3. The number of H-pyrrole nitrogens is 1. The highest BCUT2D eigenvalue weighted by Gasteiger charge is 2.26. The quantitative estimate of drug-likeness (QED) is 0.547. The maximum Gasteiger partial charge on any atom is 0.407 e. The zero-order valence-electron chi connectivity index (χ0n) is 14.8. The van der Waals surface area contributed by atoms with Gasteiger partial charge in [-0.25, -0.2) is 24.1 Å². The number of rotatable bonds is 2. The van der Waals surface area contributed by atoms with Crippen LogP contribution in [0.25, 0.3) is 28.1 Å². The maximum absolute atomic E-state index is 12.6. The fourth-order valence-corrected chi connectivity index (χ4v) is 3.81. The normalized spacial score (nSPS) is 15.5. The average Bonchev–Trinajstić information content (AvgIpc) is 3.27. The molecule has 1 fully saturated rings. The van der Waals surface area contributed by atoms with Crippen LogP contribution in [-0.2, 0) is 0 Å². The van der Waals surface area contributed by atoms with Crippen molar-refractivity contribution in [2.24, 2.45) is 0 Å². The Morgan fingerprint density at radius 1 is 1.21 bits per heavy atom. The number of aromatic amines is 1. The second-order valence-corrected chi connectivity index (χ2v) is 6.82. The van der Waals surface area contributed by atoms with Crippen molar-refractivity contribution >= 4 is 22.8 Å². The van der Waals surface area contributed by atoms with E-state index >= 15 is 0 Å². The van der Waals surface area contributed by atoms with Crippen LogP contribution in [0, 0.1) is 0 Å². The summed E-state index contributed by atoms with van der Waals surface area (Å²) in [5, 5.41) is 13.4. The lowest BCUT2D eigenvalue weighted by atomic mass is 10.1. The molecule has 1 aliphatic rings. The fraction of sp³-hybridized carbons (Fsp3) is 0.278. The van der Waals surface area contributed by atoms with Crippen LogP contribution < -0.4 is 5.69 Å². The summed E-state index contributed by atoms with van der Waals surface area (Å²) in [7, 11) is 0. The van der Waals surface area contributed by atoms with E-state index in [-0.39, 0.29) is 11.7 Å². The number of nitrogens with one attached hydrogen (secondary N) is 1. The molecule has 5 rings (SSSR count). The Kier molecular flexibility index (Phi) is 3.64. The Labute approximate surface area is 158 Å². The molecule has 0 spiro atoms. The number of amides is 1. The first kappa shape index (κ1) is 16.5. The second-order valence-electron chi connectivity index (χ2n) is 6.82. The van der Waals surface area contributed by atoms with Gasteiger partial charge >= 0.3 is 11.8 Å². The van der Waals surface area contributed by atoms with Gasteiger partial charge in [0.25, 0.3) is 0 Å². The van der Waals surface area contributed by atoms with Crippen LogP contribution >= 0.6 is 0 Å². The van der Waals surface area contributed by atoms with Gasteiger partial charge in [0.1, 0.15) is 5.52 Å². The van der Waals surface area contributed by atoms with Crippen LogP contribution in [0.2, 0.25) is 0 Å². The molecule has 4 aromatic rings. The van der Waals surface area contributed by atoms with E-state index in [2.05, 4.69) is 20.1 Å². The molecule has 2 N–H and O–H groups in total. The standard InChI is InChI=1S/C18H17N7O3/c26-17-21-13-10-19-15(12-9-20-24-6-2-1-3-14(12)24)22-16(13)25(17)11-4-7-23(8-5-11)18(27)28/h1-3,6,9-11H,4-5,7-8H2,(H,21,26)(H,27,28). The Morgan fingerprint density at radius 2 is 2.04 bits per heavy atom. The van der Waals surface area contributed by atoms with Gasteiger partial charge in [0, 0.05) is 25.3 Å². The minimum atomic E-state index is -0.928. The van der Waals surface area contributed by atoms with Crippen LogP contribution in [0.15, 0.2) is 41.6 Å². The first-order valence-electron chi connectivity index (χ1n) is 8.99. The van der Waals surface area contributed by atoms with Gasteiger partial charge in [0.15, 0.2) is 11.5 Å². The molecule has 1 amide bonds. The Morgan fingerprint density at radius 3 is 2.82 bits per heavy atom. The van der Waals surface area contributed by atoms with Gasteiger partial charge in [-0.2, -0.15) is 5.10 Å². The summed E-state index contributed by atoms with van der Waals surface area (Å²) in [4.78, 5) is 36.9. The highest BCUT2D eigenvalue weighted by atomic mass is 16.4. The Bertz CT molecular complexity index is 1250. The number of likely N-dealkylation sites (tertiary alicyclic amines) is 1. The summed E-state index contributed by atoms with van der Waals surface area (Å²) in [6.07, 6.45) is 5.36. The van der Waals surface area contributed by atoms with Crippen LogP contribution in [0.3, 0.4) is 0 Å². The summed E-state index contributed by atoms with van der Waals surface area (Å²) in [5.74, 6) is 0.490. The van der Waals surface area contributed by atoms with Crippen LogP contribution in [0.4, 0.5) is 4.79 Å². The topological polar surface area (TPSA) is 121 Å². The van der Waals surface area contributed by atoms with Gasteiger partial charge in [0.05, 0.1) is 23.5 Å². The first-order valence-corrected chi connectivity index (χ1v) is 8.99. The lowest BCUT2D eigenvalue weighted by Gasteiger charge is -2.30. The number of imidazole rings is 1. The van der Waals surface area contributed by atoms with Gasteiger partial charge in [-0.1, -0.05) is 6.07 Å². The van der Waals surface area contributed by atoms with Crippen LogP contribution in [-0.4, -0.2) is 58.3 Å². The number of hydrogen-bond acceptors (Lipinski definition) is 5. The highest BCUT2D eigenvalue weighted by Crippen LogP contribution is 2.26. The second kappa shape index (κ2) is 6.19. The molecule has 28 heavy (non-hydrogen) atoms. The number of nitrogens with zero attached hydrogens (tertiary/aromatic N) is 6. The van der Waals surface area contributed by atoms with Gasteiger partial charge in [-0.15, -0.1) is 0 Å². The minimum Gasteiger partial charge on any atom is -0.465 e. The SMILES string of the molecule is O=C(O)N1CCC(n2c(=O)[nH]c3cnc(-c4cnn5ccccc45)nc32)CC1. The molecule has 4 aromatic heterocycles. The molecule has 0 aliphatic carbocycles. The van der Waals surface area contributed by atoms with Crippen molar-refractivity contribution in [3.63, 3.8) is 0 Å². The number of aromatic nitrogens is 6. The van der Waals surface area contributed by atoms with Crippen molar-refractivity contribution in [2.75, 3.05) is 13.1 Å². The van der Waals surface area contributed by atoms with E-state index < -0.39 is 6.09 Å². The predicted molar refractivity (Wildman–Crippen MR) is 100 cm³/mol. The molecule has 0 saturated carbocycles. The lowest BCUT2D eigenvalue weighted by Crippen LogP contribution is -2.39. The molecular weight excluding hydrogens is 362 g/mol. The molecule has 0 aromatic carbocycles. The van der Waals surface area contributed by atoms with Crippen molar-refractivity contribution in [3.05, 3.63) is 47.3 Å². The molecule has 0 unspecified atom stereocenters. The van der Waals surface area contributed by atoms with E-state index in [1.165, 1.54) is 4.90 Å². The smallest absolute Gasteiger partial charge is 0.407 e. The lowest BCUT2D eigenvalue weighted by molar-refractivity contribution is 0.125. The largest absolute Gasteiger partial charge is 0.465 e. The molecule has 1 saturated heterocycles. The number of carbonyl (C=O) groups is 1. The Hall–Kier alpha value is -3.69. The molecule has 0 radical (unpaired) electrons. The van der Waals surface area contributed by atoms with E-state index in [4.69, 9.17) is 5.11 Å². The monoisotopic (exact) mass is 379 g/mol. The molecule has 10 heteroatoms. The van der Waals surface area contributed by atoms with Gasteiger partial charge in [-0.05, 0) is 25.0 Å². The zero-order valence-corrected chi connectivity index (χ0v) is 14.8. The van der Waals surface area contributed by atoms with Gasteiger partial charge in [-0.3, -0.25) is 4.57 Å². The fourth-order valence-electron chi connectivity index (χ4n) is 3.81. The summed E-state index contributed by atoms with van der Waals surface area (Å²) in [6.45, 7) is 0.788. The third-order valence-corrected chi connectivity index (χ3v) is 5.22. The molecular formula is C18H17N7O3. The molecule has 0 atom stereocenters.